The molecule has 0 aliphatic carbocycles. The van der Waals surface area contributed by atoms with Crippen LogP contribution in [0.4, 0.5) is 22.2 Å². The lowest BCUT2D eigenvalue weighted by atomic mass is 10.0. The summed E-state index contributed by atoms with van der Waals surface area (Å²) in [4.78, 5) is 19.6. The number of aromatic nitrogens is 4. The summed E-state index contributed by atoms with van der Waals surface area (Å²) in [7, 11) is 0. The molecule has 1 aliphatic heterocycles. The number of thiazole rings is 1. The first-order valence-corrected chi connectivity index (χ1v) is 11.0. The van der Waals surface area contributed by atoms with Crippen LogP contribution in [0.1, 0.15) is 23.3 Å². The molecule has 0 radical (unpaired) electrons. The first kappa shape index (κ1) is 19.5. The summed E-state index contributed by atoms with van der Waals surface area (Å²) in [6, 6.07) is 13.8. The fourth-order valence-electron chi connectivity index (χ4n) is 3.66. The lowest BCUT2D eigenvalue weighted by Gasteiger charge is -2.33. The summed E-state index contributed by atoms with van der Waals surface area (Å²) in [5.41, 5.74) is 10.6. The first-order chi connectivity index (χ1) is 15.2. The Hall–Kier alpha value is -3.50. The average Bonchev–Trinajstić information content (AvgIpc) is 3.44. The van der Waals surface area contributed by atoms with Crippen molar-refractivity contribution in [2.45, 2.75) is 18.9 Å². The van der Waals surface area contributed by atoms with Gasteiger partial charge in [-0.1, -0.05) is 17.3 Å². The number of nitrogens with one attached hydrogen (secondary N) is 3. The Bertz CT molecular complexity index is 1210. The van der Waals surface area contributed by atoms with Crippen molar-refractivity contribution in [3.8, 4) is 0 Å². The minimum Gasteiger partial charge on any atom is -0.370 e. The van der Waals surface area contributed by atoms with Crippen LogP contribution in [0.15, 0.2) is 47.8 Å². The second-order valence-corrected chi connectivity index (χ2v) is 8.36. The van der Waals surface area contributed by atoms with Crippen LogP contribution < -0.4 is 21.3 Å². The van der Waals surface area contributed by atoms with E-state index >= 15 is 0 Å². The molecule has 1 fully saturated rings. The number of amides is 1. The number of fused-ring (bicyclic) bond motifs is 1. The number of nitrogens with two attached hydrogens (primary N) is 1. The zero-order valence-electron chi connectivity index (χ0n) is 16.7. The lowest BCUT2D eigenvalue weighted by Crippen LogP contribution is -2.40. The molecule has 9 nitrogen and oxygen atoms in total. The second-order valence-electron chi connectivity index (χ2n) is 7.50. The number of anilines is 4. The van der Waals surface area contributed by atoms with Gasteiger partial charge in [0.15, 0.2) is 5.13 Å². The molecule has 1 aliphatic rings. The van der Waals surface area contributed by atoms with Crippen LogP contribution in [-0.4, -0.2) is 45.4 Å². The largest absolute Gasteiger partial charge is 0.370 e. The van der Waals surface area contributed by atoms with Crippen molar-refractivity contribution in [2.24, 2.45) is 5.73 Å². The SMILES string of the molecule is NC1CCN(c2ccccc2NC(=O)c2csc(Nc3ccc4[nH]nnc4c3)n2)CC1. The molecular weight excluding hydrogens is 412 g/mol. The van der Waals surface area contributed by atoms with Crippen LogP contribution in [0.25, 0.3) is 11.0 Å². The maximum Gasteiger partial charge on any atom is 0.275 e. The number of H-pyrrole nitrogens is 1. The smallest absolute Gasteiger partial charge is 0.275 e. The van der Waals surface area contributed by atoms with Gasteiger partial charge in [0.05, 0.1) is 16.9 Å². The van der Waals surface area contributed by atoms with E-state index < -0.39 is 0 Å². The number of benzene rings is 2. The molecule has 5 rings (SSSR count). The highest BCUT2D eigenvalue weighted by atomic mass is 32.1. The monoisotopic (exact) mass is 434 g/mol. The van der Waals surface area contributed by atoms with Crippen LogP contribution in [0.2, 0.25) is 0 Å². The van der Waals surface area contributed by atoms with Gasteiger partial charge in [-0.2, -0.15) is 0 Å². The van der Waals surface area contributed by atoms with Crippen molar-refractivity contribution < 1.29 is 4.79 Å². The van der Waals surface area contributed by atoms with E-state index in [-0.39, 0.29) is 11.9 Å². The quantitative estimate of drug-likeness (QED) is 0.380. The van der Waals surface area contributed by atoms with Crippen molar-refractivity contribution in [1.29, 1.82) is 0 Å². The summed E-state index contributed by atoms with van der Waals surface area (Å²) in [5, 5.41) is 19.2. The predicted octanol–water partition coefficient (Wildman–Crippen LogP) is 3.34. The number of para-hydroxylation sites is 2. The summed E-state index contributed by atoms with van der Waals surface area (Å²) in [6.07, 6.45) is 1.90. The minimum atomic E-state index is -0.239. The highest BCUT2D eigenvalue weighted by Gasteiger charge is 2.20. The Morgan fingerprint density at radius 3 is 2.90 bits per heavy atom. The highest BCUT2D eigenvalue weighted by Crippen LogP contribution is 2.29. The van der Waals surface area contributed by atoms with E-state index in [1.807, 2.05) is 42.5 Å². The molecular formula is C21H22N8OS. The van der Waals surface area contributed by atoms with Gasteiger partial charge in [-0.15, -0.1) is 16.4 Å². The zero-order valence-corrected chi connectivity index (χ0v) is 17.5. The maximum absolute atomic E-state index is 12.9. The molecule has 2 aromatic heterocycles. The first-order valence-electron chi connectivity index (χ1n) is 10.1. The molecule has 0 spiro atoms. The predicted molar refractivity (Wildman–Crippen MR) is 123 cm³/mol. The van der Waals surface area contributed by atoms with Crippen molar-refractivity contribution in [3.05, 3.63) is 53.5 Å². The van der Waals surface area contributed by atoms with Gasteiger partial charge in [-0.05, 0) is 43.2 Å². The number of piperidine rings is 1. The molecule has 0 atom stereocenters. The van der Waals surface area contributed by atoms with Crippen LogP contribution >= 0.6 is 11.3 Å². The average molecular weight is 435 g/mol. The number of aromatic amines is 1. The maximum atomic E-state index is 12.9. The summed E-state index contributed by atoms with van der Waals surface area (Å²) >= 11 is 1.37. The molecule has 10 heteroatoms. The van der Waals surface area contributed by atoms with Crippen LogP contribution in [0.3, 0.4) is 0 Å². The fraction of sp³-hybridized carbons (Fsp3) is 0.238. The topological polar surface area (TPSA) is 125 Å². The Morgan fingerprint density at radius 1 is 1.19 bits per heavy atom. The molecule has 2 aromatic carbocycles. The van der Waals surface area contributed by atoms with Gasteiger partial charge < -0.3 is 21.3 Å². The van der Waals surface area contributed by atoms with Gasteiger partial charge in [0.1, 0.15) is 11.2 Å². The minimum absolute atomic E-state index is 0.239. The molecule has 0 unspecified atom stereocenters. The number of hydrogen-bond donors (Lipinski definition) is 4. The fourth-order valence-corrected chi connectivity index (χ4v) is 4.37. The Balaban J connectivity index is 1.29. The molecule has 0 bridgehead atoms. The molecule has 1 amide bonds. The Morgan fingerprint density at radius 2 is 2.03 bits per heavy atom. The van der Waals surface area contributed by atoms with Gasteiger partial charge in [-0.25, -0.2) is 4.98 Å². The molecule has 4 aromatic rings. The van der Waals surface area contributed by atoms with Crippen LogP contribution in [0.5, 0.6) is 0 Å². The summed E-state index contributed by atoms with van der Waals surface area (Å²) < 4.78 is 0. The third-order valence-corrected chi connectivity index (χ3v) is 6.10. The lowest BCUT2D eigenvalue weighted by molar-refractivity contribution is 0.102. The molecule has 3 heterocycles. The number of hydrogen-bond acceptors (Lipinski definition) is 8. The van der Waals surface area contributed by atoms with E-state index in [2.05, 4.69) is 35.9 Å². The summed E-state index contributed by atoms with van der Waals surface area (Å²) in [6.45, 7) is 1.77. The Labute approximate surface area is 182 Å². The Kier molecular flexibility index (Phi) is 5.23. The van der Waals surface area contributed by atoms with Gasteiger partial charge in [-0.3, -0.25) is 9.89 Å². The highest BCUT2D eigenvalue weighted by molar-refractivity contribution is 7.14. The van der Waals surface area contributed by atoms with Gasteiger partial charge in [0.25, 0.3) is 5.91 Å². The number of rotatable bonds is 5. The van der Waals surface area contributed by atoms with E-state index in [0.717, 1.165) is 54.0 Å². The van der Waals surface area contributed by atoms with Gasteiger partial charge in [0, 0.05) is 30.2 Å². The van der Waals surface area contributed by atoms with Crippen molar-refractivity contribution in [2.75, 3.05) is 28.6 Å². The van der Waals surface area contributed by atoms with E-state index in [4.69, 9.17) is 5.73 Å². The third kappa shape index (κ3) is 4.21. The van der Waals surface area contributed by atoms with E-state index in [0.29, 0.717) is 10.8 Å². The number of carbonyl (C=O) groups is 1. The molecule has 158 valence electrons. The third-order valence-electron chi connectivity index (χ3n) is 5.35. The number of nitrogens with zero attached hydrogens (tertiary/aromatic N) is 4. The van der Waals surface area contributed by atoms with E-state index in [1.165, 1.54) is 11.3 Å². The summed E-state index contributed by atoms with van der Waals surface area (Å²) in [5.74, 6) is -0.239. The second kappa shape index (κ2) is 8.32. The standard InChI is InChI=1S/C21H22N8OS/c22-13-7-9-29(10-8-13)19-4-2-1-3-16(19)24-20(30)18-12-31-21(25-18)23-14-5-6-15-17(11-14)27-28-26-15/h1-6,11-13H,7-10,22H2,(H,23,25)(H,24,30)(H,26,27,28). The number of carbonyl (C=O) groups excluding carboxylic acids is 1. The van der Waals surface area contributed by atoms with Gasteiger partial charge in [0.2, 0.25) is 0 Å². The molecule has 1 saturated heterocycles. The molecule has 31 heavy (non-hydrogen) atoms. The van der Waals surface area contributed by atoms with E-state index in [9.17, 15) is 4.79 Å². The van der Waals surface area contributed by atoms with Crippen molar-refractivity contribution in [3.63, 3.8) is 0 Å². The van der Waals surface area contributed by atoms with Gasteiger partial charge >= 0.3 is 0 Å². The molecule has 0 saturated carbocycles. The normalized spacial score (nSPS) is 14.7. The zero-order chi connectivity index (χ0) is 21.2. The van der Waals surface area contributed by atoms with Crippen LogP contribution in [-0.2, 0) is 0 Å². The molecule has 5 N–H and O–H groups in total. The van der Waals surface area contributed by atoms with E-state index in [1.54, 1.807) is 5.38 Å². The van der Waals surface area contributed by atoms with Crippen molar-refractivity contribution in [1.82, 2.24) is 20.4 Å². The van der Waals surface area contributed by atoms with Crippen molar-refractivity contribution >= 4 is 50.5 Å². The van der Waals surface area contributed by atoms with Crippen LogP contribution in [0, 0.1) is 0 Å².